The lowest BCUT2D eigenvalue weighted by Gasteiger charge is -2.10. The van der Waals surface area contributed by atoms with Crippen molar-refractivity contribution in [3.8, 4) is 11.8 Å². The summed E-state index contributed by atoms with van der Waals surface area (Å²) in [5.41, 5.74) is 0.288. The second-order valence-electron chi connectivity index (χ2n) is 6.03. The van der Waals surface area contributed by atoms with Crippen LogP contribution in [0.5, 0.6) is 0 Å². The molecule has 0 spiro atoms. The van der Waals surface area contributed by atoms with Crippen molar-refractivity contribution in [2.45, 2.75) is 43.9 Å². The fraction of sp³-hybridized carbons (Fsp3) is 0.562. The van der Waals surface area contributed by atoms with Crippen LogP contribution in [0.1, 0.15) is 31.1 Å². The number of aromatic nitrogens is 1. The number of nitrogens with one attached hydrogen (secondary N) is 1. The molecule has 9 nitrogen and oxygen atoms in total. The number of alkyl halides is 3. The number of ether oxygens (including phenoxy) is 1. The van der Waals surface area contributed by atoms with E-state index in [2.05, 4.69) is 11.8 Å². The van der Waals surface area contributed by atoms with Crippen LogP contribution in [-0.4, -0.2) is 57.1 Å². The van der Waals surface area contributed by atoms with Gasteiger partial charge in [0.25, 0.3) is 0 Å². The maximum atomic E-state index is 12.0. The second kappa shape index (κ2) is 9.05. The Balaban J connectivity index is 1.96. The first kappa shape index (κ1) is 21.7. The third-order valence-electron chi connectivity index (χ3n) is 3.96. The minimum absolute atomic E-state index is 0.0620. The maximum Gasteiger partial charge on any atom is 0.471 e. The maximum absolute atomic E-state index is 12.0. The Bertz CT molecular complexity index is 783. The molecule has 0 saturated carbocycles. The molecule has 2 heterocycles. The highest BCUT2D eigenvalue weighted by Gasteiger charge is 2.39. The number of carbonyl (C=O) groups is 1. The molecule has 0 bridgehead atoms. The van der Waals surface area contributed by atoms with Gasteiger partial charge in [-0.3, -0.25) is 4.79 Å². The zero-order chi connectivity index (χ0) is 20.9. The number of rotatable bonds is 6. The van der Waals surface area contributed by atoms with Crippen molar-refractivity contribution < 1.29 is 37.8 Å². The number of halogens is 3. The first-order chi connectivity index (χ1) is 13.1. The number of hydrogen-bond acceptors (Lipinski definition) is 6. The molecule has 2 rings (SSSR count). The van der Waals surface area contributed by atoms with Crippen LogP contribution in [0.2, 0.25) is 0 Å². The van der Waals surface area contributed by atoms with E-state index in [1.165, 1.54) is 16.8 Å². The average Bonchev–Trinajstić information content (AvgIpc) is 3.20. The van der Waals surface area contributed by atoms with Crippen LogP contribution in [-0.2, 0) is 9.53 Å². The van der Waals surface area contributed by atoms with Gasteiger partial charge in [0.05, 0.1) is 24.3 Å². The highest BCUT2D eigenvalue weighted by atomic mass is 19.4. The first-order valence-electron chi connectivity index (χ1n) is 8.28. The monoisotopic (exact) mass is 405 g/mol. The second-order valence-corrected chi connectivity index (χ2v) is 6.03. The van der Waals surface area contributed by atoms with E-state index in [0.29, 0.717) is 0 Å². The summed E-state index contributed by atoms with van der Waals surface area (Å²) in [6.45, 7) is -0.630. The number of nitro groups is 1. The molecule has 12 heteroatoms. The molecule has 1 aromatic heterocycles. The Morgan fingerprint density at radius 1 is 1.50 bits per heavy atom. The number of nitrogens with zero attached hydrogens (tertiary/aromatic N) is 2. The molecule has 1 aromatic rings. The Kier molecular flexibility index (Phi) is 7.00. The highest BCUT2D eigenvalue weighted by molar-refractivity contribution is 5.81. The van der Waals surface area contributed by atoms with E-state index in [-0.39, 0.29) is 37.2 Å². The van der Waals surface area contributed by atoms with Crippen LogP contribution in [0.4, 0.5) is 19.0 Å². The molecule has 1 amide bonds. The van der Waals surface area contributed by atoms with Gasteiger partial charge >= 0.3 is 17.9 Å². The third kappa shape index (κ3) is 5.44. The molecule has 28 heavy (non-hydrogen) atoms. The molecule has 0 radical (unpaired) electrons. The van der Waals surface area contributed by atoms with Gasteiger partial charge in [-0.2, -0.15) is 13.2 Å². The largest absolute Gasteiger partial charge is 0.471 e. The van der Waals surface area contributed by atoms with E-state index >= 15 is 0 Å². The van der Waals surface area contributed by atoms with E-state index in [4.69, 9.17) is 9.84 Å². The lowest BCUT2D eigenvalue weighted by molar-refractivity contribution is -0.393. The number of hydrogen-bond donors (Lipinski definition) is 3. The Hall–Kier alpha value is -2.62. The van der Waals surface area contributed by atoms with Crippen LogP contribution in [0.25, 0.3) is 0 Å². The van der Waals surface area contributed by atoms with Crippen LogP contribution < -0.4 is 5.32 Å². The molecule has 3 atom stereocenters. The van der Waals surface area contributed by atoms with Gasteiger partial charge in [-0.15, -0.1) is 0 Å². The van der Waals surface area contributed by atoms with Crippen LogP contribution in [0.3, 0.4) is 0 Å². The topological polar surface area (TPSA) is 127 Å². The fourth-order valence-electron chi connectivity index (χ4n) is 2.61. The van der Waals surface area contributed by atoms with Gasteiger partial charge in [-0.05, 0) is 11.3 Å². The minimum atomic E-state index is -4.93. The van der Waals surface area contributed by atoms with Gasteiger partial charge < -0.3 is 30.4 Å². The van der Waals surface area contributed by atoms with Crippen molar-refractivity contribution in [3.05, 3.63) is 27.9 Å². The predicted octanol–water partition coefficient (Wildman–Crippen LogP) is 0.847. The van der Waals surface area contributed by atoms with Gasteiger partial charge in [0, 0.05) is 19.4 Å². The molecule has 0 aromatic carbocycles. The van der Waals surface area contributed by atoms with E-state index in [9.17, 15) is 33.2 Å². The smallest absolute Gasteiger partial charge is 0.394 e. The molecule has 1 fully saturated rings. The van der Waals surface area contributed by atoms with Gasteiger partial charge in [0.1, 0.15) is 12.3 Å². The van der Waals surface area contributed by atoms with Crippen molar-refractivity contribution in [1.82, 2.24) is 9.88 Å². The Morgan fingerprint density at radius 3 is 2.79 bits per heavy atom. The van der Waals surface area contributed by atoms with Gasteiger partial charge in [0.2, 0.25) is 6.23 Å². The van der Waals surface area contributed by atoms with Crippen molar-refractivity contribution >= 4 is 11.7 Å². The number of aliphatic hydroxyl groups is 2. The van der Waals surface area contributed by atoms with Gasteiger partial charge in [0.15, 0.2) is 0 Å². The van der Waals surface area contributed by atoms with E-state index in [0.717, 1.165) is 0 Å². The summed E-state index contributed by atoms with van der Waals surface area (Å²) in [5.74, 6) is 3.00. The van der Waals surface area contributed by atoms with Crippen molar-refractivity contribution in [2.24, 2.45) is 0 Å². The number of unbranched alkanes of at least 4 members (excludes halogenated alkanes) is 1. The first-order valence-corrected chi connectivity index (χ1v) is 8.28. The highest BCUT2D eigenvalue weighted by Crippen LogP contribution is 2.33. The van der Waals surface area contributed by atoms with E-state index in [1.54, 1.807) is 5.32 Å². The average molecular weight is 405 g/mol. The molecule has 0 aliphatic carbocycles. The summed E-state index contributed by atoms with van der Waals surface area (Å²) in [4.78, 5) is 21.2. The molecule has 1 aliphatic rings. The SMILES string of the molecule is O=C(NCCCC#Cc1cc([N+](=O)[O-])n([C@H]2C[C@H](O)[C@@H](CO)O2)c1)C(F)(F)F. The number of amides is 1. The molecule has 0 unspecified atom stereocenters. The minimum Gasteiger partial charge on any atom is -0.394 e. The molecule has 154 valence electrons. The van der Waals surface area contributed by atoms with Crippen LogP contribution >= 0.6 is 0 Å². The van der Waals surface area contributed by atoms with E-state index < -0.39 is 42.0 Å². The zero-order valence-corrected chi connectivity index (χ0v) is 14.5. The summed E-state index contributed by atoms with van der Waals surface area (Å²) in [6.07, 6.45) is -5.79. The lowest BCUT2D eigenvalue weighted by atomic mass is 10.2. The summed E-state index contributed by atoms with van der Waals surface area (Å²) < 4.78 is 42.6. The zero-order valence-electron chi connectivity index (χ0n) is 14.5. The standard InChI is InChI=1S/C16H18F3N3O6/c17-16(18,19)15(25)20-5-3-1-2-4-10-6-13(22(26)27)21(8-10)14-7-11(24)12(9-23)28-14/h6,8,11-12,14,23-24H,1,3,5,7,9H2,(H,20,25)/t11-,12+,14+/m0/s1. The molecule has 1 aliphatic heterocycles. The summed E-state index contributed by atoms with van der Waals surface area (Å²) >= 11 is 0. The van der Waals surface area contributed by atoms with Crippen LogP contribution in [0.15, 0.2) is 12.3 Å². The predicted molar refractivity (Wildman–Crippen MR) is 87.9 cm³/mol. The third-order valence-corrected chi connectivity index (χ3v) is 3.96. The molecular weight excluding hydrogens is 387 g/mol. The van der Waals surface area contributed by atoms with E-state index in [1.807, 2.05) is 0 Å². The normalized spacial score (nSPS) is 21.8. The van der Waals surface area contributed by atoms with Gasteiger partial charge in [-0.25, -0.2) is 4.57 Å². The molecular formula is C16H18F3N3O6. The lowest BCUT2D eigenvalue weighted by Crippen LogP contribution is -2.37. The van der Waals surface area contributed by atoms with Crippen molar-refractivity contribution in [3.63, 3.8) is 0 Å². The summed E-state index contributed by atoms with van der Waals surface area (Å²) in [7, 11) is 0. The summed E-state index contributed by atoms with van der Waals surface area (Å²) in [5, 5.41) is 31.8. The van der Waals surface area contributed by atoms with Crippen molar-refractivity contribution in [2.75, 3.05) is 13.2 Å². The molecule has 3 N–H and O–H groups in total. The van der Waals surface area contributed by atoms with Gasteiger partial charge in [-0.1, -0.05) is 11.8 Å². The Morgan fingerprint density at radius 2 is 2.21 bits per heavy atom. The fourth-order valence-corrected chi connectivity index (χ4v) is 2.61. The summed E-state index contributed by atoms with van der Waals surface area (Å²) in [6, 6.07) is 1.21. The number of carbonyl (C=O) groups excluding carboxylic acids is 1. The number of aliphatic hydroxyl groups excluding tert-OH is 2. The Labute approximate surface area is 157 Å². The quantitative estimate of drug-likeness (QED) is 0.279. The van der Waals surface area contributed by atoms with Crippen LogP contribution in [0, 0.1) is 22.0 Å². The van der Waals surface area contributed by atoms with Crippen molar-refractivity contribution in [1.29, 1.82) is 0 Å². The molecule has 1 saturated heterocycles.